The molecular weight excluding hydrogens is 172 g/mol. The van der Waals surface area contributed by atoms with Crippen molar-refractivity contribution in [1.29, 1.82) is 0 Å². The van der Waals surface area contributed by atoms with Crippen molar-refractivity contribution in [2.24, 2.45) is 9.98 Å². The molecule has 0 saturated heterocycles. The van der Waals surface area contributed by atoms with Crippen LogP contribution >= 0.6 is 0 Å². The smallest absolute Gasteiger partial charge is 0.0769 e. The minimum atomic E-state index is 0.664. The molecule has 0 aromatic heterocycles. The van der Waals surface area contributed by atoms with Crippen LogP contribution in [0.25, 0.3) is 0 Å². The van der Waals surface area contributed by atoms with Crippen molar-refractivity contribution < 1.29 is 0 Å². The van der Waals surface area contributed by atoms with E-state index < -0.39 is 0 Å². The van der Waals surface area contributed by atoms with Crippen molar-refractivity contribution in [2.45, 2.75) is 13.8 Å². The van der Waals surface area contributed by atoms with E-state index >= 15 is 0 Å². The molecule has 0 aliphatic rings. The van der Waals surface area contributed by atoms with Gasteiger partial charge in [-0.15, -0.1) is 0 Å². The lowest BCUT2D eigenvalue weighted by atomic mass is 10.3. The Labute approximate surface area is 85.8 Å². The highest BCUT2D eigenvalue weighted by Crippen LogP contribution is 1.96. The number of allylic oxidation sites excluding steroid dienone is 5. The van der Waals surface area contributed by atoms with Crippen LogP contribution in [0.2, 0.25) is 0 Å². The molecule has 0 saturated carbocycles. The molecule has 0 rings (SSSR count). The van der Waals surface area contributed by atoms with E-state index in [2.05, 4.69) is 23.1 Å². The topological polar surface area (TPSA) is 24.7 Å². The number of aliphatic imine (C=N–C) groups is 2. The Hall–Kier alpha value is -1.70. The maximum absolute atomic E-state index is 4.12. The van der Waals surface area contributed by atoms with Crippen LogP contribution in [0, 0.1) is 0 Å². The summed E-state index contributed by atoms with van der Waals surface area (Å²) >= 11 is 0. The van der Waals surface area contributed by atoms with Gasteiger partial charge in [-0.2, -0.15) is 0 Å². The summed E-state index contributed by atoms with van der Waals surface area (Å²) in [7, 11) is 0. The molecule has 0 aromatic carbocycles. The van der Waals surface area contributed by atoms with Gasteiger partial charge in [-0.25, -0.2) is 0 Å². The molecule has 2 nitrogen and oxygen atoms in total. The summed E-state index contributed by atoms with van der Waals surface area (Å²) in [6.45, 7) is 11.1. The maximum Gasteiger partial charge on any atom is 0.0769 e. The van der Waals surface area contributed by atoms with Gasteiger partial charge >= 0.3 is 0 Å². The van der Waals surface area contributed by atoms with Crippen molar-refractivity contribution in [3.05, 3.63) is 49.4 Å². The van der Waals surface area contributed by atoms with Crippen molar-refractivity contribution in [1.82, 2.24) is 0 Å². The van der Waals surface area contributed by atoms with Crippen molar-refractivity contribution in [3.63, 3.8) is 0 Å². The molecule has 0 aromatic rings. The standard InChI is InChI=1S/C12H16N2/c1-5-7-9-13-11(3)12(4)14-10-8-6-2/h5-10H,1,4H2,2-3H3/b8-6-,9-7-,13-11?,14-10?. The fourth-order valence-corrected chi connectivity index (χ4v) is 0.603. The van der Waals surface area contributed by atoms with E-state index in [0.717, 1.165) is 5.71 Å². The Balaban J connectivity index is 4.31. The summed E-state index contributed by atoms with van der Waals surface area (Å²) in [5, 5.41) is 0. The van der Waals surface area contributed by atoms with E-state index in [0.29, 0.717) is 5.70 Å². The summed E-state index contributed by atoms with van der Waals surface area (Å²) in [4.78, 5) is 8.22. The molecule has 0 aliphatic heterocycles. The summed E-state index contributed by atoms with van der Waals surface area (Å²) < 4.78 is 0. The van der Waals surface area contributed by atoms with Gasteiger partial charge in [-0.3, -0.25) is 9.98 Å². The highest BCUT2D eigenvalue weighted by molar-refractivity contribution is 5.99. The predicted molar refractivity (Wildman–Crippen MR) is 64.9 cm³/mol. The van der Waals surface area contributed by atoms with Crippen LogP contribution in [0.4, 0.5) is 0 Å². The number of hydrogen-bond donors (Lipinski definition) is 0. The lowest BCUT2D eigenvalue weighted by Crippen LogP contribution is -1.91. The van der Waals surface area contributed by atoms with Crippen molar-refractivity contribution in [3.8, 4) is 0 Å². The maximum atomic E-state index is 4.12. The van der Waals surface area contributed by atoms with E-state index in [1.54, 1.807) is 24.6 Å². The highest BCUT2D eigenvalue weighted by Gasteiger charge is 1.91. The number of hydrogen-bond acceptors (Lipinski definition) is 2. The summed E-state index contributed by atoms with van der Waals surface area (Å²) in [5.74, 6) is 0. The van der Waals surface area contributed by atoms with E-state index in [9.17, 15) is 0 Å². The van der Waals surface area contributed by atoms with E-state index in [1.807, 2.05) is 26.0 Å². The van der Waals surface area contributed by atoms with Crippen LogP contribution in [0.5, 0.6) is 0 Å². The molecule has 74 valence electrons. The second-order valence-electron chi connectivity index (χ2n) is 2.54. The summed E-state index contributed by atoms with van der Waals surface area (Å²) in [6.07, 6.45) is 10.5. The Bertz CT molecular complexity index is 304. The largest absolute Gasteiger partial charge is 0.259 e. The molecule has 0 radical (unpaired) electrons. The average molecular weight is 188 g/mol. The van der Waals surface area contributed by atoms with Gasteiger partial charge in [0.05, 0.1) is 11.4 Å². The summed E-state index contributed by atoms with van der Waals surface area (Å²) in [5.41, 5.74) is 1.46. The van der Waals surface area contributed by atoms with Crippen LogP contribution in [-0.4, -0.2) is 11.9 Å². The third kappa shape index (κ3) is 5.89. The van der Waals surface area contributed by atoms with Crippen LogP contribution in [-0.2, 0) is 0 Å². The van der Waals surface area contributed by atoms with Gasteiger partial charge in [0.25, 0.3) is 0 Å². The first-order valence-electron chi connectivity index (χ1n) is 4.39. The Morgan fingerprint density at radius 1 is 1.29 bits per heavy atom. The second-order valence-corrected chi connectivity index (χ2v) is 2.54. The van der Waals surface area contributed by atoms with Gasteiger partial charge < -0.3 is 0 Å². The van der Waals surface area contributed by atoms with Crippen LogP contribution in [0.15, 0.2) is 59.3 Å². The number of rotatable bonds is 5. The molecule has 0 fully saturated rings. The molecule has 0 N–H and O–H groups in total. The SMILES string of the molecule is C=C/C=C\N=C(C)C(=C)N=C/C=C\C. The average Bonchev–Trinajstić information content (AvgIpc) is 2.18. The molecule has 0 heterocycles. The van der Waals surface area contributed by atoms with Crippen LogP contribution in [0.1, 0.15) is 13.8 Å². The minimum Gasteiger partial charge on any atom is -0.259 e. The van der Waals surface area contributed by atoms with Gasteiger partial charge in [-0.05, 0) is 26.0 Å². The molecule has 2 heteroatoms. The molecule has 0 unspecified atom stereocenters. The Kier molecular flexibility index (Phi) is 6.96. The zero-order chi connectivity index (χ0) is 10.8. The first-order valence-corrected chi connectivity index (χ1v) is 4.39. The highest BCUT2D eigenvalue weighted by atomic mass is 14.8. The third-order valence-electron chi connectivity index (χ3n) is 1.42. The second kappa shape index (κ2) is 7.92. The van der Waals surface area contributed by atoms with Gasteiger partial charge in [-0.1, -0.05) is 25.3 Å². The fourth-order valence-electron chi connectivity index (χ4n) is 0.603. The fraction of sp³-hybridized carbons (Fsp3) is 0.167. The number of nitrogens with zero attached hydrogens (tertiary/aromatic N) is 2. The Morgan fingerprint density at radius 2 is 2.00 bits per heavy atom. The molecule has 0 atom stereocenters. The third-order valence-corrected chi connectivity index (χ3v) is 1.42. The van der Waals surface area contributed by atoms with Gasteiger partial charge in [0.15, 0.2) is 0 Å². The van der Waals surface area contributed by atoms with Gasteiger partial charge in [0.2, 0.25) is 0 Å². The quantitative estimate of drug-likeness (QED) is 0.467. The molecular formula is C12H16N2. The van der Waals surface area contributed by atoms with Crippen LogP contribution < -0.4 is 0 Å². The van der Waals surface area contributed by atoms with Crippen LogP contribution in [0.3, 0.4) is 0 Å². The van der Waals surface area contributed by atoms with E-state index in [1.165, 1.54) is 0 Å². The molecule has 0 amide bonds. The normalized spacial score (nSPS) is 13.1. The van der Waals surface area contributed by atoms with Crippen molar-refractivity contribution in [2.75, 3.05) is 0 Å². The Morgan fingerprint density at radius 3 is 2.57 bits per heavy atom. The zero-order valence-corrected chi connectivity index (χ0v) is 8.77. The molecule has 14 heavy (non-hydrogen) atoms. The molecule has 0 spiro atoms. The monoisotopic (exact) mass is 188 g/mol. The van der Waals surface area contributed by atoms with E-state index in [4.69, 9.17) is 0 Å². The lowest BCUT2D eigenvalue weighted by molar-refractivity contribution is 1.42. The molecule has 0 aliphatic carbocycles. The first-order chi connectivity index (χ1) is 6.72. The molecule has 0 bridgehead atoms. The summed E-state index contributed by atoms with van der Waals surface area (Å²) in [6, 6.07) is 0. The lowest BCUT2D eigenvalue weighted by Gasteiger charge is -1.94. The zero-order valence-electron chi connectivity index (χ0n) is 8.77. The van der Waals surface area contributed by atoms with Crippen molar-refractivity contribution >= 4 is 11.9 Å². The van der Waals surface area contributed by atoms with Gasteiger partial charge in [0.1, 0.15) is 0 Å². The van der Waals surface area contributed by atoms with E-state index in [-0.39, 0.29) is 0 Å². The first kappa shape index (κ1) is 12.3. The van der Waals surface area contributed by atoms with Gasteiger partial charge in [0, 0.05) is 12.4 Å². The minimum absolute atomic E-state index is 0.664. The predicted octanol–water partition coefficient (Wildman–Crippen LogP) is 3.31.